The molecule has 0 rings (SSSR count). The molecule has 0 saturated heterocycles. The van der Waals surface area contributed by atoms with E-state index >= 15 is 0 Å². The summed E-state index contributed by atoms with van der Waals surface area (Å²) in [5.74, 6) is 0.859. The standard InChI is InChI=1S/C5H12B2S/c1-4(2)5(6)7(3)8/h4-5,8H,1-3H3. The molecule has 0 heterocycles. The van der Waals surface area contributed by atoms with Crippen molar-refractivity contribution in [1.29, 1.82) is 0 Å². The smallest absolute Gasteiger partial charge is 0.197 e. The zero-order valence-electron chi connectivity index (χ0n) is 5.76. The van der Waals surface area contributed by atoms with Gasteiger partial charge in [0.2, 0.25) is 0 Å². The van der Waals surface area contributed by atoms with Crippen molar-refractivity contribution in [3.8, 4) is 0 Å². The van der Waals surface area contributed by atoms with Gasteiger partial charge in [-0.25, -0.2) is 12.5 Å². The topological polar surface area (TPSA) is 0 Å². The molecule has 0 N–H and O–H groups in total. The Balaban J connectivity index is 3.46. The minimum Gasteiger partial charge on any atom is -0.228 e. The fourth-order valence-electron chi connectivity index (χ4n) is 0.557. The van der Waals surface area contributed by atoms with E-state index in [1.165, 1.54) is 0 Å². The van der Waals surface area contributed by atoms with E-state index in [1.54, 1.807) is 0 Å². The van der Waals surface area contributed by atoms with Gasteiger partial charge < -0.3 is 0 Å². The number of thiol groups is 1. The van der Waals surface area contributed by atoms with Crippen LogP contribution in [0.1, 0.15) is 13.8 Å². The first-order valence-corrected chi connectivity index (χ1v) is 3.51. The van der Waals surface area contributed by atoms with E-state index in [0.717, 1.165) is 0 Å². The molecule has 44 valence electrons. The Kier molecular flexibility index (Phi) is 3.70. The van der Waals surface area contributed by atoms with Gasteiger partial charge in [0.25, 0.3) is 0 Å². The molecule has 0 saturated carbocycles. The van der Waals surface area contributed by atoms with Gasteiger partial charge >= 0.3 is 0 Å². The summed E-state index contributed by atoms with van der Waals surface area (Å²) in [6, 6.07) is 0. The summed E-state index contributed by atoms with van der Waals surface area (Å²) < 4.78 is 0. The first-order valence-electron chi connectivity index (χ1n) is 2.99. The Labute approximate surface area is 59.2 Å². The lowest BCUT2D eigenvalue weighted by Crippen LogP contribution is -2.15. The molecule has 3 heteroatoms. The summed E-state index contributed by atoms with van der Waals surface area (Å²) in [7, 11) is 5.68. The second-order valence-corrected chi connectivity index (χ2v) is 3.38. The Morgan fingerprint density at radius 2 is 1.88 bits per heavy atom. The van der Waals surface area contributed by atoms with Gasteiger partial charge in [-0.2, -0.15) is 0 Å². The van der Waals surface area contributed by atoms with Crippen LogP contribution in [0.5, 0.6) is 0 Å². The Hall–Kier alpha value is 0.480. The lowest BCUT2D eigenvalue weighted by atomic mass is 9.51. The van der Waals surface area contributed by atoms with Crippen molar-refractivity contribution in [2.75, 3.05) is 0 Å². The summed E-state index contributed by atoms with van der Waals surface area (Å²) >= 11 is 4.21. The van der Waals surface area contributed by atoms with Crippen LogP contribution in [-0.2, 0) is 0 Å². The van der Waals surface area contributed by atoms with E-state index in [-0.39, 0.29) is 5.72 Å². The predicted molar refractivity (Wildman–Crippen MR) is 44.9 cm³/mol. The Bertz CT molecular complexity index is 55.4. The fourth-order valence-corrected chi connectivity index (χ4v) is 0.901. The van der Waals surface area contributed by atoms with Crippen LogP contribution in [0.15, 0.2) is 0 Å². The first-order chi connectivity index (χ1) is 3.55. The number of rotatable bonds is 2. The Morgan fingerprint density at radius 3 is 1.88 bits per heavy atom. The lowest BCUT2D eigenvalue weighted by molar-refractivity contribution is 0.694. The summed E-state index contributed by atoms with van der Waals surface area (Å²) in [6.07, 6.45) is 0. The molecule has 8 heavy (non-hydrogen) atoms. The van der Waals surface area contributed by atoms with Crippen molar-refractivity contribution in [2.24, 2.45) is 5.92 Å². The average molecular weight is 126 g/mol. The van der Waals surface area contributed by atoms with Crippen LogP contribution in [0, 0.1) is 5.92 Å². The highest BCUT2D eigenvalue weighted by Gasteiger charge is 2.13. The van der Waals surface area contributed by atoms with Crippen molar-refractivity contribution >= 4 is 26.3 Å². The van der Waals surface area contributed by atoms with Gasteiger partial charge in [-0.3, -0.25) is 0 Å². The molecule has 0 fully saturated rings. The average Bonchev–Trinajstić information content (AvgIpc) is 1.64. The van der Waals surface area contributed by atoms with Crippen molar-refractivity contribution in [2.45, 2.75) is 26.4 Å². The largest absolute Gasteiger partial charge is 0.228 e. The van der Waals surface area contributed by atoms with Gasteiger partial charge in [-0.1, -0.05) is 32.3 Å². The van der Waals surface area contributed by atoms with Crippen LogP contribution in [-0.4, -0.2) is 13.8 Å². The monoisotopic (exact) mass is 126 g/mol. The third-order valence-electron chi connectivity index (χ3n) is 1.33. The van der Waals surface area contributed by atoms with Crippen LogP contribution >= 0.6 is 12.5 Å². The number of hydrogen-bond acceptors (Lipinski definition) is 1. The fraction of sp³-hybridized carbons (Fsp3) is 1.00. The lowest BCUT2D eigenvalue weighted by Gasteiger charge is -2.15. The van der Waals surface area contributed by atoms with Crippen molar-refractivity contribution in [3.63, 3.8) is 0 Å². The molecule has 0 aromatic heterocycles. The maximum atomic E-state index is 5.68. The van der Waals surface area contributed by atoms with E-state index in [4.69, 9.17) is 7.85 Å². The van der Waals surface area contributed by atoms with Crippen LogP contribution in [0.4, 0.5) is 0 Å². The molecule has 0 amide bonds. The van der Waals surface area contributed by atoms with E-state index in [0.29, 0.717) is 11.9 Å². The molecule has 0 aromatic carbocycles. The molecule has 0 aliphatic rings. The second kappa shape index (κ2) is 3.49. The van der Waals surface area contributed by atoms with Gasteiger partial charge in [-0.05, 0) is 0 Å². The maximum Gasteiger partial charge on any atom is 0.197 e. The molecule has 2 radical (unpaired) electrons. The van der Waals surface area contributed by atoms with Gasteiger partial charge in [0, 0.05) is 0 Å². The van der Waals surface area contributed by atoms with E-state index in [2.05, 4.69) is 26.3 Å². The highest BCUT2D eigenvalue weighted by Crippen LogP contribution is 2.18. The van der Waals surface area contributed by atoms with Gasteiger partial charge in [0.05, 0.1) is 7.85 Å². The molecule has 1 atom stereocenters. The minimum atomic E-state index is 0.235. The number of hydrogen-bond donors (Lipinski definition) is 1. The molecule has 0 aromatic rings. The van der Waals surface area contributed by atoms with Crippen molar-refractivity contribution in [1.82, 2.24) is 0 Å². The zero-order valence-corrected chi connectivity index (χ0v) is 6.65. The predicted octanol–water partition coefficient (Wildman–Crippen LogP) is 1.69. The molecule has 0 nitrogen and oxygen atoms in total. The van der Waals surface area contributed by atoms with Gasteiger partial charge in [-0.15, -0.1) is 0 Å². The van der Waals surface area contributed by atoms with Gasteiger partial charge in [0.1, 0.15) is 0 Å². The molecule has 0 aliphatic carbocycles. The summed E-state index contributed by atoms with van der Waals surface area (Å²) in [6.45, 7) is 6.24. The molecule has 0 aliphatic heterocycles. The molecule has 0 spiro atoms. The van der Waals surface area contributed by atoms with Crippen LogP contribution in [0.25, 0.3) is 0 Å². The zero-order chi connectivity index (χ0) is 6.73. The molecular formula is C5H12B2S. The van der Waals surface area contributed by atoms with Crippen LogP contribution < -0.4 is 0 Å². The van der Waals surface area contributed by atoms with Crippen LogP contribution in [0.3, 0.4) is 0 Å². The van der Waals surface area contributed by atoms with Crippen molar-refractivity contribution in [3.05, 3.63) is 0 Å². The van der Waals surface area contributed by atoms with E-state index in [9.17, 15) is 0 Å². The normalized spacial score (nSPS) is 14.1. The third-order valence-corrected chi connectivity index (χ3v) is 1.67. The maximum absolute atomic E-state index is 5.68. The summed E-state index contributed by atoms with van der Waals surface area (Å²) in [5.41, 5.74) is 0.235. The summed E-state index contributed by atoms with van der Waals surface area (Å²) in [4.78, 5) is 0. The summed E-state index contributed by atoms with van der Waals surface area (Å²) in [5, 5.41) is 0. The first kappa shape index (κ1) is 8.48. The molecular weight excluding hydrogens is 114 g/mol. The minimum absolute atomic E-state index is 0.235. The van der Waals surface area contributed by atoms with Crippen molar-refractivity contribution < 1.29 is 0 Å². The molecule has 0 bridgehead atoms. The SMILES string of the molecule is [B]C(B(C)S)C(C)C. The highest BCUT2D eigenvalue weighted by molar-refractivity contribution is 8.10. The second-order valence-electron chi connectivity index (χ2n) is 2.56. The third kappa shape index (κ3) is 2.71. The quantitative estimate of drug-likeness (QED) is 0.422. The molecule has 1 unspecified atom stereocenters. The van der Waals surface area contributed by atoms with Gasteiger partial charge in [0.15, 0.2) is 5.99 Å². The van der Waals surface area contributed by atoms with E-state index in [1.807, 2.05) is 6.82 Å². The van der Waals surface area contributed by atoms with E-state index < -0.39 is 0 Å². The highest BCUT2D eigenvalue weighted by atomic mass is 32.1. The van der Waals surface area contributed by atoms with Crippen LogP contribution in [0.2, 0.25) is 12.5 Å². The Morgan fingerprint density at radius 1 is 1.50 bits per heavy atom.